The van der Waals surface area contributed by atoms with Crippen LogP contribution in [0.25, 0.3) is 0 Å². The molecule has 2 aromatic rings. The van der Waals surface area contributed by atoms with Gasteiger partial charge in [0.15, 0.2) is 0 Å². The highest BCUT2D eigenvalue weighted by Crippen LogP contribution is 2.53. The summed E-state index contributed by atoms with van der Waals surface area (Å²) in [7, 11) is 1.46. The first kappa shape index (κ1) is 16.7. The van der Waals surface area contributed by atoms with Gasteiger partial charge in [0.25, 0.3) is 0 Å². The lowest BCUT2D eigenvalue weighted by atomic mass is 10.1. The quantitative estimate of drug-likeness (QED) is 0.473. The Morgan fingerprint density at radius 3 is 2.58 bits per heavy atom. The van der Waals surface area contributed by atoms with Crippen LogP contribution in [0.5, 0.6) is 5.75 Å². The van der Waals surface area contributed by atoms with E-state index in [1.807, 2.05) is 0 Å². The van der Waals surface area contributed by atoms with E-state index in [4.69, 9.17) is 16.3 Å². The number of benzene rings is 2. The molecule has 0 aliphatic carbocycles. The third-order valence-electron chi connectivity index (χ3n) is 3.36. The van der Waals surface area contributed by atoms with Gasteiger partial charge < -0.3 is 10.1 Å². The van der Waals surface area contributed by atoms with Crippen LogP contribution in [-0.2, 0) is 6.18 Å². The molecule has 1 heterocycles. The van der Waals surface area contributed by atoms with E-state index in [1.165, 1.54) is 7.11 Å². The van der Waals surface area contributed by atoms with E-state index >= 15 is 0 Å². The Kier molecular flexibility index (Phi) is 4.00. The second kappa shape index (κ2) is 5.75. The van der Waals surface area contributed by atoms with E-state index in [1.54, 1.807) is 18.2 Å². The average Bonchev–Trinajstić information content (AvgIpc) is 2.50. The summed E-state index contributed by atoms with van der Waals surface area (Å²) in [5, 5.41) is 13.1. The minimum absolute atomic E-state index is 0.0549. The van der Waals surface area contributed by atoms with Gasteiger partial charge in [-0.2, -0.15) is 13.2 Å². The lowest BCUT2D eigenvalue weighted by Gasteiger charge is -2.23. The summed E-state index contributed by atoms with van der Waals surface area (Å²) in [6, 6.07) is 5.70. The Bertz CT molecular complexity index is 858. The number of nitrogens with one attached hydrogen (secondary N) is 1. The number of ether oxygens (including phenoxy) is 1. The zero-order valence-corrected chi connectivity index (χ0v) is 13.5. The Morgan fingerprint density at radius 2 is 2.00 bits per heavy atom. The minimum Gasteiger partial charge on any atom is -0.497 e. The third-order valence-corrected chi connectivity index (χ3v) is 4.84. The highest BCUT2D eigenvalue weighted by molar-refractivity contribution is 7.99. The third kappa shape index (κ3) is 2.73. The number of rotatable bonds is 2. The molecule has 10 heteroatoms. The zero-order valence-electron chi connectivity index (χ0n) is 11.9. The summed E-state index contributed by atoms with van der Waals surface area (Å²) < 4.78 is 44.4. The van der Waals surface area contributed by atoms with Crippen LogP contribution in [0, 0.1) is 10.1 Å². The molecule has 24 heavy (non-hydrogen) atoms. The van der Waals surface area contributed by atoms with Gasteiger partial charge in [0.1, 0.15) is 16.5 Å². The molecule has 3 rings (SSSR count). The van der Waals surface area contributed by atoms with Crippen LogP contribution in [0.3, 0.4) is 0 Å². The van der Waals surface area contributed by atoms with Gasteiger partial charge in [-0.15, -0.1) is 0 Å². The summed E-state index contributed by atoms with van der Waals surface area (Å²) in [4.78, 5) is 11.0. The monoisotopic (exact) mass is 376 g/mol. The zero-order chi connectivity index (χ0) is 17.6. The molecule has 0 fully saturated rings. The van der Waals surface area contributed by atoms with Crippen LogP contribution in [0.4, 0.5) is 30.2 Å². The maximum absolute atomic E-state index is 13.1. The number of hydrogen-bond acceptors (Lipinski definition) is 5. The van der Waals surface area contributed by atoms with Gasteiger partial charge in [-0.05, 0) is 24.3 Å². The van der Waals surface area contributed by atoms with Crippen LogP contribution in [0.1, 0.15) is 5.56 Å². The van der Waals surface area contributed by atoms with E-state index in [0.717, 1.165) is 17.8 Å². The Labute approximate surface area is 142 Å². The maximum atomic E-state index is 13.1. The molecule has 126 valence electrons. The summed E-state index contributed by atoms with van der Waals surface area (Å²) in [5.74, 6) is 0.519. The number of nitro groups is 1. The van der Waals surface area contributed by atoms with E-state index < -0.39 is 27.4 Å². The standard InChI is InChI=1S/C14H8ClF3N2O3S/c1-23-6-2-3-8-9(4-6)24-10-5-7(14(16,17)18)11(15)13(20(21)22)12(10)19-8/h2-5,19H,1H3. The first-order chi connectivity index (χ1) is 11.2. The molecule has 0 unspecified atom stereocenters. The van der Waals surface area contributed by atoms with Crippen LogP contribution in [-0.4, -0.2) is 12.0 Å². The number of methoxy groups -OCH3 is 1. The van der Waals surface area contributed by atoms with Crippen LogP contribution < -0.4 is 10.1 Å². The molecule has 0 radical (unpaired) electrons. The largest absolute Gasteiger partial charge is 0.497 e. The number of hydrogen-bond donors (Lipinski definition) is 1. The van der Waals surface area contributed by atoms with Crippen molar-refractivity contribution in [2.24, 2.45) is 0 Å². The predicted molar refractivity (Wildman–Crippen MR) is 83.5 cm³/mol. The highest BCUT2D eigenvalue weighted by Gasteiger charge is 2.40. The van der Waals surface area contributed by atoms with E-state index in [-0.39, 0.29) is 10.6 Å². The maximum Gasteiger partial charge on any atom is 0.418 e. The van der Waals surface area contributed by atoms with Gasteiger partial charge >= 0.3 is 11.9 Å². The Morgan fingerprint density at radius 1 is 1.29 bits per heavy atom. The molecule has 0 spiro atoms. The van der Waals surface area contributed by atoms with E-state index in [2.05, 4.69) is 5.32 Å². The number of fused-ring (bicyclic) bond motifs is 2. The molecule has 0 saturated carbocycles. The lowest BCUT2D eigenvalue weighted by Crippen LogP contribution is -2.11. The van der Waals surface area contributed by atoms with Gasteiger partial charge in [0.2, 0.25) is 0 Å². The lowest BCUT2D eigenvalue weighted by molar-refractivity contribution is -0.384. The molecule has 1 aliphatic rings. The van der Waals surface area contributed by atoms with Gasteiger partial charge in [0, 0.05) is 9.79 Å². The van der Waals surface area contributed by atoms with Gasteiger partial charge in [0.05, 0.1) is 23.3 Å². The fourth-order valence-electron chi connectivity index (χ4n) is 2.27. The van der Waals surface area contributed by atoms with Crippen molar-refractivity contribution in [3.63, 3.8) is 0 Å². The van der Waals surface area contributed by atoms with Crippen molar-refractivity contribution < 1.29 is 22.8 Å². The molecule has 1 N–H and O–H groups in total. The molecule has 0 saturated heterocycles. The molecule has 0 bridgehead atoms. The van der Waals surface area contributed by atoms with E-state index in [9.17, 15) is 23.3 Å². The first-order valence-corrected chi connectivity index (χ1v) is 7.63. The Hall–Kier alpha value is -2.13. The molecule has 0 atom stereocenters. The van der Waals surface area contributed by atoms with Gasteiger partial charge in [-0.25, -0.2) is 0 Å². The number of anilines is 2. The van der Waals surface area contributed by atoms with Crippen molar-refractivity contribution in [3.8, 4) is 5.75 Å². The normalized spacial score (nSPS) is 12.9. The van der Waals surface area contributed by atoms with Crippen molar-refractivity contribution in [3.05, 3.63) is 45.0 Å². The molecule has 5 nitrogen and oxygen atoms in total. The number of nitro benzene ring substituents is 1. The second-order valence-corrected chi connectivity index (χ2v) is 6.27. The fourth-order valence-corrected chi connectivity index (χ4v) is 3.66. The van der Waals surface area contributed by atoms with Crippen molar-refractivity contribution in [2.75, 3.05) is 12.4 Å². The van der Waals surface area contributed by atoms with Crippen LogP contribution in [0.15, 0.2) is 34.1 Å². The number of nitrogens with zero attached hydrogens (tertiary/aromatic N) is 1. The fraction of sp³-hybridized carbons (Fsp3) is 0.143. The van der Waals surface area contributed by atoms with E-state index in [0.29, 0.717) is 16.3 Å². The van der Waals surface area contributed by atoms with Crippen molar-refractivity contribution >= 4 is 40.4 Å². The molecule has 2 aromatic carbocycles. The summed E-state index contributed by atoms with van der Waals surface area (Å²) in [6.45, 7) is 0. The van der Waals surface area contributed by atoms with Crippen molar-refractivity contribution in [1.82, 2.24) is 0 Å². The SMILES string of the molecule is COc1ccc2c(c1)Sc1cc(C(F)(F)F)c(Cl)c([N+](=O)[O-])c1N2. The first-order valence-electron chi connectivity index (χ1n) is 6.43. The van der Waals surface area contributed by atoms with Crippen molar-refractivity contribution in [1.29, 1.82) is 0 Å². The molecule has 0 aromatic heterocycles. The minimum atomic E-state index is -4.80. The average molecular weight is 377 g/mol. The van der Waals surface area contributed by atoms with Crippen LogP contribution >= 0.6 is 23.4 Å². The summed E-state index contributed by atoms with van der Waals surface area (Å²) >= 11 is 6.65. The topological polar surface area (TPSA) is 64.4 Å². The summed E-state index contributed by atoms with van der Waals surface area (Å²) in [5.41, 5.74) is -1.57. The smallest absolute Gasteiger partial charge is 0.418 e. The van der Waals surface area contributed by atoms with Gasteiger partial charge in [-0.1, -0.05) is 23.4 Å². The predicted octanol–water partition coefficient (Wildman–Crippen LogP) is 5.48. The van der Waals surface area contributed by atoms with Gasteiger partial charge in [-0.3, -0.25) is 10.1 Å². The molecular weight excluding hydrogens is 369 g/mol. The second-order valence-electron chi connectivity index (χ2n) is 4.80. The molecule has 0 amide bonds. The summed E-state index contributed by atoms with van der Waals surface area (Å²) in [6.07, 6.45) is -4.80. The highest BCUT2D eigenvalue weighted by atomic mass is 35.5. The molecular formula is C14H8ClF3N2O3S. The Balaban J connectivity index is 2.21. The van der Waals surface area contributed by atoms with Crippen molar-refractivity contribution in [2.45, 2.75) is 16.0 Å². The number of halogens is 4. The molecule has 1 aliphatic heterocycles. The number of alkyl halides is 3. The van der Waals surface area contributed by atoms with Crippen LogP contribution in [0.2, 0.25) is 5.02 Å².